The van der Waals surface area contributed by atoms with Gasteiger partial charge in [0, 0.05) is 0 Å². The van der Waals surface area contributed by atoms with Crippen molar-refractivity contribution in [3.63, 3.8) is 0 Å². The summed E-state index contributed by atoms with van der Waals surface area (Å²) >= 11 is 11.7. The normalized spacial score (nSPS) is 22.5. The van der Waals surface area contributed by atoms with Crippen LogP contribution in [-0.2, 0) is 24.2 Å². The monoisotopic (exact) mass is 331 g/mol. The molecule has 0 N–H and O–H groups in total. The summed E-state index contributed by atoms with van der Waals surface area (Å²) in [5, 5.41) is 0. The van der Waals surface area contributed by atoms with Crippen LogP contribution in [0.2, 0.25) is 0 Å². The molecule has 1 nitrogen and oxygen atoms in total. The van der Waals surface area contributed by atoms with Gasteiger partial charge in [-0.15, -0.1) is 4.84 Å². The van der Waals surface area contributed by atoms with Gasteiger partial charge < -0.3 is 27.9 Å². The Morgan fingerprint density at radius 2 is 2.00 bits per heavy atom. The zero-order valence-electron chi connectivity index (χ0n) is 8.40. The van der Waals surface area contributed by atoms with Crippen LogP contribution in [-0.4, -0.2) is 6.10 Å². The number of fused-ring (bicyclic) bond motifs is 2. The molecule has 0 saturated carbocycles. The minimum Gasteiger partial charge on any atom is -0.491 e. The molecule has 0 fully saturated rings. The van der Waals surface area contributed by atoms with E-state index in [1.54, 1.807) is 0 Å². The SMILES string of the molecule is CC(C)OC1=C2C=CC(=C1)C2[C-](Cl)Cl.[Ru+]. The molecule has 83 valence electrons. The minimum absolute atomic E-state index is 0. The van der Waals surface area contributed by atoms with Crippen LogP contribution in [0.5, 0.6) is 0 Å². The largest absolute Gasteiger partial charge is 1.00 e. The molecule has 0 saturated heterocycles. The molecule has 0 amide bonds. The van der Waals surface area contributed by atoms with Gasteiger partial charge in [-0.1, -0.05) is 23.6 Å². The average Bonchev–Trinajstić information content (AvgIpc) is 2.58. The van der Waals surface area contributed by atoms with E-state index in [-0.39, 0.29) is 31.5 Å². The molecular weight excluding hydrogens is 320 g/mol. The van der Waals surface area contributed by atoms with Gasteiger partial charge in [0.25, 0.3) is 0 Å². The fourth-order valence-corrected chi connectivity index (χ4v) is 2.24. The minimum atomic E-state index is 0. The Kier molecular flexibility index (Phi) is 4.46. The molecule has 0 aromatic carbocycles. The van der Waals surface area contributed by atoms with E-state index in [2.05, 4.69) is 0 Å². The molecule has 2 aliphatic carbocycles. The van der Waals surface area contributed by atoms with Crippen molar-refractivity contribution in [2.24, 2.45) is 5.92 Å². The third kappa shape index (κ3) is 2.49. The number of hydrogen-bond donors (Lipinski definition) is 0. The molecule has 15 heavy (non-hydrogen) atoms. The van der Waals surface area contributed by atoms with Crippen molar-refractivity contribution in [1.82, 2.24) is 0 Å². The van der Waals surface area contributed by atoms with E-state index in [9.17, 15) is 0 Å². The summed E-state index contributed by atoms with van der Waals surface area (Å²) in [6.45, 7) is 4.01. The second-order valence-corrected chi connectivity index (χ2v) is 4.69. The van der Waals surface area contributed by atoms with Crippen LogP contribution in [0.1, 0.15) is 13.8 Å². The van der Waals surface area contributed by atoms with Crippen LogP contribution < -0.4 is 0 Å². The van der Waals surface area contributed by atoms with Crippen LogP contribution >= 0.6 is 23.2 Å². The predicted molar refractivity (Wildman–Crippen MR) is 58.9 cm³/mol. The molecule has 2 aliphatic rings. The predicted octanol–water partition coefficient (Wildman–Crippen LogP) is 3.76. The van der Waals surface area contributed by atoms with Crippen LogP contribution in [0.3, 0.4) is 0 Å². The Morgan fingerprint density at radius 1 is 1.33 bits per heavy atom. The first-order chi connectivity index (χ1) is 6.59. The quantitative estimate of drug-likeness (QED) is 0.565. The third-order valence-electron chi connectivity index (χ3n) is 2.26. The first kappa shape index (κ1) is 13.3. The smallest absolute Gasteiger partial charge is 0.491 e. The van der Waals surface area contributed by atoms with Crippen molar-refractivity contribution in [3.05, 3.63) is 40.0 Å². The van der Waals surface area contributed by atoms with E-state index < -0.39 is 0 Å². The molecule has 0 aromatic heterocycles. The van der Waals surface area contributed by atoms with Crippen LogP contribution in [0.4, 0.5) is 0 Å². The number of allylic oxidation sites excluding steroid dienone is 5. The third-order valence-corrected chi connectivity index (χ3v) is 2.70. The topological polar surface area (TPSA) is 9.23 Å². The number of halogens is 2. The van der Waals surface area contributed by atoms with Gasteiger partial charge >= 0.3 is 19.5 Å². The Morgan fingerprint density at radius 3 is 2.47 bits per heavy atom. The summed E-state index contributed by atoms with van der Waals surface area (Å²) in [5.74, 6) is 0.938. The van der Waals surface area contributed by atoms with Crippen molar-refractivity contribution >= 4 is 23.2 Å². The van der Waals surface area contributed by atoms with Crippen LogP contribution in [0.25, 0.3) is 0 Å². The zero-order valence-corrected chi connectivity index (χ0v) is 11.7. The maximum Gasteiger partial charge on any atom is 1.00 e. The van der Waals surface area contributed by atoms with E-state index in [1.807, 2.05) is 32.1 Å². The van der Waals surface area contributed by atoms with Crippen molar-refractivity contribution in [1.29, 1.82) is 0 Å². The van der Waals surface area contributed by atoms with Gasteiger partial charge in [-0.25, -0.2) is 0 Å². The standard InChI is InChI=1S/C11H11Cl2O.Ru/c1-6(2)14-9-5-7-3-4-8(9)10(7)11(12)13;/h3-6,10H,1-2H3;/q-1;+1. The summed E-state index contributed by atoms with van der Waals surface area (Å²) in [7, 11) is 0. The molecule has 1 atom stereocenters. The zero-order chi connectivity index (χ0) is 10.3. The molecular formula is C11H11Cl2ORu. The molecule has 0 heterocycles. The van der Waals surface area contributed by atoms with Gasteiger partial charge in [-0.05, 0) is 25.5 Å². The van der Waals surface area contributed by atoms with Crippen molar-refractivity contribution in [2.45, 2.75) is 20.0 Å². The molecule has 4 heteroatoms. The maximum atomic E-state index is 5.83. The Bertz CT molecular complexity index is 342. The van der Waals surface area contributed by atoms with E-state index in [0.29, 0.717) is 4.84 Å². The van der Waals surface area contributed by atoms with E-state index in [0.717, 1.165) is 16.9 Å². The first-order valence-electron chi connectivity index (χ1n) is 4.58. The fourth-order valence-electron chi connectivity index (χ4n) is 1.75. The summed E-state index contributed by atoms with van der Waals surface area (Å²) in [6, 6.07) is 0. The molecule has 2 rings (SSSR count). The van der Waals surface area contributed by atoms with E-state index in [1.165, 1.54) is 0 Å². The van der Waals surface area contributed by atoms with Gasteiger partial charge in [0.1, 0.15) is 5.76 Å². The number of rotatable bonds is 3. The summed E-state index contributed by atoms with van der Waals surface area (Å²) in [5.41, 5.74) is 2.20. The van der Waals surface area contributed by atoms with Gasteiger partial charge in [-0.3, -0.25) is 0 Å². The molecule has 2 bridgehead atoms. The van der Waals surface area contributed by atoms with Gasteiger partial charge in [0.2, 0.25) is 0 Å². The van der Waals surface area contributed by atoms with Crippen molar-refractivity contribution < 1.29 is 24.2 Å². The maximum absolute atomic E-state index is 5.83. The van der Waals surface area contributed by atoms with Crippen molar-refractivity contribution in [3.8, 4) is 0 Å². The Balaban J connectivity index is 0.00000112. The molecule has 0 spiro atoms. The first-order valence-corrected chi connectivity index (χ1v) is 5.33. The second-order valence-electron chi connectivity index (χ2n) is 3.69. The Labute approximate surface area is 113 Å². The second kappa shape index (κ2) is 5.04. The summed E-state index contributed by atoms with van der Waals surface area (Å²) in [6.07, 6.45) is 6.22. The summed E-state index contributed by atoms with van der Waals surface area (Å²) in [4.78, 5) is 0.388. The Hall–Kier alpha value is 0.223. The van der Waals surface area contributed by atoms with Crippen molar-refractivity contribution in [2.75, 3.05) is 0 Å². The van der Waals surface area contributed by atoms with Gasteiger partial charge in [0.15, 0.2) is 0 Å². The van der Waals surface area contributed by atoms with E-state index in [4.69, 9.17) is 27.9 Å². The molecule has 1 radical (unpaired) electrons. The van der Waals surface area contributed by atoms with Crippen LogP contribution in [0, 0.1) is 10.8 Å². The van der Waals surface area contributed by atoms with Crippen LogP contribution in [0.15, 0.2) is 35.1 Å². The average molecular weight is 331 g/mol. The number of ether oxygens (including phenoxy) is 1. The molecule has 1 unspecified atom stereocenters. The van der Waals surface area contributed by atoms with Gasteiger partial charge in [-0.2, -0.15) is 0 Å². The number of hydrogen-bond acceptors (Lipinski definition) is 1. The fraction of sp³-hybridized carbons (Fsp3) is 0.364. The van der Waals surface area contributed by atoms with Gasteiger partial charge in [0.05, 0.1) is 6.10 Å². The molecule has 0 aromatic rings. The van der Waals surface area contributed by atoms with E-state index >= 15 is 0 Å². The summed E-state index contributed by atoms with van der Waals surface area (Å²) < 4.78 is 5.65. The molecule has 0 aliphatic heterocycles.